The zero-order chi connectivity index (χ0) is 15.1. The van der Waals surface area contributed by atoms with Crippen molar-refractivity contribution in [2.24, 2.45) is 0 Å². The summed E-state index contributed by atoms with van der Waals surface area (Å²) in [6, 6.07) is 4.57. The molecule has 1 heterocycles. The van der Waals surface area contributed by atoms with Crippen LogP contribution in [0.25, 0.3) is 0 Å². The highest BCUT2D eigenvalue weighted by Gasteiger charge is 2.28. The zero-order valence-corrected chi connectivity index (χ0v) is 12.8. The van der Waals surface area contributed by atoms with Gasteiger partial charge in [-0.05, 0) is 25.1 Å². The maximum Gasteiger partial charge on any atom is 0.242 e. The number of rotatable bonds is 2. The van der Waals surface area contributed by atoms with Crippen LogP contribution in [-0.4, -0.2) is 45.4 Å². The van der Waals surface area contributed by atoms with Gasteiger partial charge in [0, 0.05) is 21.0 Å². The molecule has 1 amide bonds. The van der Waals surface area contributed by atoms with Crippen LogP contribution in [0.5, 0.6) is 5.75 Å². The summed E-state index contributed by atoms with van der Waals surface area (Å²) in [5.41, 5.74) is 0.499. The maximum absolute atomic E-state index is 12.1. The van der Waals surface area contributed by atoms with Gasteiger partial charge in [0.1, 0.15) is 11.9 Å². The van der Waals surface area contributed by atoms with E-state index in [0.717, 1.165) is 4.31 Å². The van der Waals surface area contributed by atoms with Gasteiger partial charge < -0.3 is 9.64 Å². The molecule has 0 fully saturated rings. The number of amides is 1. The second-order valence-electron chi connectivity index (χ2n) is 4.98. The molecule has 1 aliphatic rings. The fraction of sp³-hybridized carbons (Fsp3) is 0.462. The molecule has 0 radical (unpaired) electrons. The number of fused-ring (bicyclic) bond motifs is 1. The highest BCUT2D eigenvalue weighted by atomic mass is 32.2. The number of benzene rings is 1. The van der Waals surface area contributed by atoms with Crippen LogP contribution in [0.4, 0.5) is 5.69 Å². The molecule has 0 saturated carbocycles. The minimum absolute atomic E-state index is 0.122. The lowest BCUT2D eigenvalue weighted by Gasteiger charge is -2.33. The Bertz CT molecular complexity index is 640. The molecule has 0 saturated heterocycles. The van der Waals surface area contributed by atoms with E-state index in [1.807, 2.05) is 6.92 Å². The average Bonchev–Trinajstić information content (AvgIpc) is 2.36. The van der Waals surface area contributed by atoms with Crippen molar-refractivity contribution >= 4 is 21.6 Å². The molecule has 1 aromatic carbocycles. The Morgan fingerprint density at radius 2 is 2.05 bits per heavy atom. The first-order valence-electron chi connectivity index (χ1n) is 6.25. The summed E-state index contributed by atoms with van der Waals surface area (Å²) in [6.45, 7) is 3.73. The predicted molar refractivity (Wildman–Crippen MR) is 75.4 cm³/mol. The maximum atomic E-state index is 12.1. The summed E-state index contributed by atoms with van der Waals surface area (Å²) in [5.74, 6) is 0.387. The molecule has 1 atom stereocenters. The summed E-state index contributed by atoms with van der Waals surface area (Å²) in [6.07, 6.45) is -0.122. The molecule has 0 aliphatic carbocycles. The minimum Gasteiger partial charge on any atom is -0.487 e. The van der Waals surface area contributed by atoms with Gasteiger partial charge in [-0.3, -0.25) is 4.79 Å². The van der Waals surface area contributed by atoms with Crippen molar-refractivity contribution in [3.05, 3.63) is 18.2 Å². The van der Waals surface area contributed by atoms with E-state index < -0.39 is 10.0 Å². The molecule has 6 nitrogen and oxygen atoms in total. The SMILES string of the molecule is CC(=O)N1CC(C)Oc2ccc(S(=O)(=O)N(C)C)cc21. The molecule has 0 aromatic heterocycles. The first-order valence-corrected chi connectivity index (χ1v) is 7.69. The molecule has 0 spiro atoms. The van der Waals surface area contributed by atoms with Crippen LogP contribution in [0.1, 0.15) is 13.8 Å². The number of carbonyl (C=O) groups excluding carboxylic acids is 1. The lowest BCUT2D eigenvalue weighted by molar-refractivity contribution is -0.117. The fourth-order valence-electron chi connectivity index (χ4n) is 2.09. The Morgan fingerprint density at radius 3 is 2.60 bits per heavy atom. The van der Waals surface area contributed by atoms with Gasteiger partial charge in [-0.2, -0.15) is 0 Å². The average molecular weight is 298 g/mol. The largest absolute Gasteiger partial charge is 0.487 e. The second-order valence-corrected chi connectivity index (χ2v) is 7.13. The first-order chi connectivity index (χ1) is 9.23. The number of hydrogen-bond acceptors (Lipinski definition) is 4. The van der Waals surface area contributed by atoms with Crippen molar-refractivity contribution < 1.29 is 17.9 Å². The van der Waals surface area contributed by atoms with Crippen molar-refractivity contribution in [2.75, 3.05) is 25.5 Å². The number of nitrogens with zero attached hydrogens (tertiary/aromatic N) is 2. The molecule has 1 aromatic rings. The number of hydrogen-bond donors (Lipinski definition) is 0. The molecule has 7 heteroatoms. The number of ether oxygens (including phenoxy) is 1. The molecule has 20 heavy (non-hydrogen) atoms. The molecule has 110 valence electrons. The van der Waals surface area contributed by atoms with Crippen molar-refractivity contribution in [3.8, 4) is 5.75 Å². The van der Waals surface area contributed by atoms with E-state index in [-0.39, 0.29) is 16.9 Å². The highest BCUT2D eigenvalue weighted by Crippen LogP contribution is 2.35. The van der Waals surface area contributed by atoms with Gasteiger partial charge in [0.05, 0.1) is 17.1 Å². The van der Waals surface area contributed by atoms with Crippen LogP contribution >= 0.6 is 0 Å². The molecule has 0 N–H and O–H groups in total. The van der Waals surface area contributed by atoms with E-state index in [0.29, 0.717) is 18.0 Å². The third-order valence-electron chi connectivity index (χ3n) is 3.15. The zero-order valence-electron chi connectivity index (χ0n) is 12.0. The lowest BCUT2D eigenvalue weighted by atomic mass is 10.2. The van der Waals surface area contributed by atoms with Crippen molar-refractivity contribution in [1.29, 1.82) is 0 Å². The number of carbonyl (C=O) groups is 1. The third kappa shape index (κ3) is 2.51. The van der Waals surface area contributed by atoms with E-state index in [1.54, 1.807) is 6.07 Å². The lowest BCUT2D eigenvalue weighted by Crippen LogP contribution is -2.41. The van der Waals surface area contributed by atoms with E-state index in [2.05, 4.69) is 0 Å². The monoisotopic (exact) mass is 298 g/mol. The minimum atomic E-state index is -3.53. The Balaban J connectivity index is 2.55. The van der Waals surface area contributed by atoms with E-state index in [9.17, 15) is 13.2 Å². The quantitative estimate of drug-likeness (QED) is 0.819. The Labute approximate surface area is 119 Å². The third-order valence-corrected chi connectivity index (χ3v) is 4.96. The number of anilines is 1. The molecule has 2 rings (SSSR count). The first kappa shape index (κ1) is 14.8. The molecule has 1 aliphatic heterocycles. The van der Waals surface area contributed by atoms with Crippen molar-refractivity contribution in [2.45, 2.75) is 24.8 Å². The van der Waals surface area contributed by atoms with Crippen LogP contribution in [0, 0.1) is 0 Å². The van der Waals surface area contributed by atoms with Crippen LogP contribution in [0.15, 0.2) is 23.1 Å². The van der Waals surface area contributed by atoms with Crippen LogP contribution < -0.4 is 9.64 Å². The van der Waals surface area contributed by atoms with Crippen molar-refractivity contribution in [3.63, 3.8) is 0 Å². The van der Waals surface area contributed by atoms with Gasteiger partial charge in [-0.15, -0.1) is 0 Å². The molecular weight excluding hydrogens is 280 g/mol. The van der Waals surface area contributed by atoms with Gasteiger partial charge in [-0.1, -0.05) is 0 Å². The summed E-state index contributed by atoms with van der Waals surface area (Å²) in [5, 5.41) is 0. The summed E-state index contributed by atoms with van der Waals surface area (Å²) in [7, 11) is -0.597. The molecule has 1 unspecified atom stereocenters. The van der Waals surface area contributed by atoms with Gasteiger partial charge in [0.15, 0.2) is 0 Å². The predicted octanol–water partition coefficient (Wildman–Crippen LogP) is 1.07. The fourth-order valence-corrected chi connectivity index (χ4v) is 3.01. The summed E-state index contributed by atoms with van der Waals surface area (Å²) >= 11 is 0. The second kappa shape index (κ2) is 5.06. The Kier molecular flexibility index (Phi) is 3.75. The van der Waals surface area contributed by atoms with Crippen LogP contribution in [0.2, 0.25) is 0 Å². The Morgan fingerprint density at radius 1 is 1.40 bits per heavy atom. The van der Waals surface area contributed by atoms with Gasteiger partial charge in [0.25, 0.3) is 0 Å². The topological polar surface area (TPSA) is 66.9 Å². The van der Waals surface area contributed by atoms with E-state index in [4.69, 9.17) is 4.74 Å². The normalized spacial score (nSPS) is 18.6. The summed E-state index contributed by atoms with van der Waals surface area (Å²) < 4.78 is 31.1. The van der Waals surface area contributed by atoms with E-state index in [1.165, 1.54) is 38.1 Å². The van der Waals surface area contributed by atoms with Crippen LogP contribution in [-0.2, 0) is 14.8 Å². The van der Waals surface area contributed by atoms with Gasteiger partial charge >= 0.3 is 0 Å². The van der Waals surface area contributed by atoms with E-state index >= 15 is 0 Å². The summed E-state index contributed by atoms with van der Waals surface area (Å²) in [4.78, 5) is 13.4. The van der Waals surface area contributed by atoms with Crippen molar-refractivity contribution in [1.82, 2.24) is 4.31 Å². The molecular formula is C13H18N2O4S. The Hall–Kier alpha value is -1.60. The number of sulfonamides is 1. The van der Waals surface area contributed by atoms with Crippen LogP contribution in [0.3, 0.4) is 0 Å². The van der Waals surface area contributed by atoms with Gasteiger partial charge in [-0.25, -0.2) is 12.7 Å². The molecule has 0 bridgehead atoms. The standard InChI is InChI=1S/C13H18N2O4S/c1-9-8-15(10(2)16)12-7-11(5-6-13(12)19-9)20(17,18)14(3)4/h5-7,9H,8H2,1-4H3. The smallest absolute Gasteiger partial charge is 0.242 e. The highest BCUT2D eigenvalue weighted by molar-refractivity contribution is 7.89. The van der Waals surface area contributed by atoms with Gasteiger partial charge in [0.2, 0.25) is 15.9 Å².